The molecule has 2 aromatic rings. The molecule has 0 unspecified atom stereocenters. The van der Waals surface area contributed by atoms with Crippen molar-refractivity contribution in [3.8, 4) is 5.69 Å². The highest BCUT2D eigenvalue weighted by atomic mass is 16.6. The first kappa shape index (κ1) is 15.1. The minimum atomic E-state index is -0.499. The van der Waals surface area contributed by atoms with E-state index >= 15 is 0 Å². The molecule has 0 spiro atoms. The zero-order valence-electron chi connectivity index (χ0n) is 12.9. The van der Waals surface area contributed by atoms with Gasteiger partial charge in [-0.2, -0.15) is 0 Å². The highest BCUT2D eigenvalue weighted by Gasteiger charge is 2.16. The number of nitrogens with zero attached hydrogens (tertiary/aromatic N) is 2. The average Bonchev–Trinajstić information content (AvgIpc) is 2.82. The summed E-state index contributed by atoms with van der Waals surface area (Å²) in [6, 6.07) is 8.11. The van der Waals surface area contributed by atoms with Gasteiger partial charge in [0, 0.05) is 5.69 Å². The topological polar surface area (TPSA) is 56.2 Å². The smallest absolute Gasteiger partial charge is 0.407 e. The molecule has 1 aromatic carbocycles. The molecule has 0 atom stereocenters. The Bertz CT molecular complexity index is 626. The second kappa shape index (κ2) is 5.99. The molecule has 0 aliphatic heterocycles. The second-order valence-electron chi connectivity index (χ2n) is 5.95. The molecule has 0 aliphatic rings. The first-order valence-corrected chi connectivity index (χ1v) is 6.90. The largest absolute Gasteiger partial charge is 0.444 e. The Balaban J connectivity index is 2.06. The molecule has 0 saturated heterocycles. The van der Waals surface area contributed by atoms with Crippen LogP contribution in [0.25, 0.3) is 5.69 Å². The van der Waals surface area contributed by atoms with Crippen LogP contribution in [0, 0.1) is 6.92 Å². The zero-order valence-corrected chi connectivity index (χ0v) is 12.9. The van der Waals surface area contributed by atoms with E-state index in [1.54, 1.807) is 12.5 Å². The minimum absolute atomic E-state index is 0.364. The Morgan fingerprint density at radius 3 is 2.81 bits per heavy atom. The molecule has 112 valence electrons. The van der Waals surface area contributed by atoms with Crippen LogP contribution in [-0.4, -0.2) is 21.2 Å². The fraction of sp³-hybridized carbons (Fsp3) is 0.375. The van der Waals surface area contributed by atoms with Gasteiger partial charge in [-0.15, -0.1) is 0 Å². The van der Waals surface area contributed by atoms with E-state index in [4.69, 9.17) is 4.74 Å². The molecule has 2 rings (SSSR count). The maximum absolute atomic E-state index is 11.7. The quantitative estimate of drug-likeness (QED) is 0.943. The Labute approximate surface area is 125 Å². The van der Waals surface area contributed by atoms with Gasteiger partial charge >= 0.3 is 6.09 Å². The summed E-state index contributed by atoms with van der Waals surface area (Å²) in [6.45, 7) is 7.92. The van der Waals surface area contributed by atoms with Crippen molar-refractivity contribution in [3.05, 3.63) is 48.0 Å². The molecule has 1 heterocycles. The second-order valence-corrected chi connectivity index (χ2v) is 5.95. The van der Waals surface area contributed by atoms with Gasteiger partial charge in [0.15, 0.2) is 0 Å². The number of carbonyl (C=O) groups is 1. The van der Waals surface area contributed by atoms with Crippen LogP contribution >= 0.6 is 0 Å². The fourth-order valence-corrected chi connectivity index (χ4v) is 1.94. The average molecular weight is 287 g/mol. The van der Waals surface area contributed by atoms with Gasteiger partial charge in [-0.25, -0.2) is 9.78 Å². The SMILES string of the molecule is Cc1cccc(-n2cncc2CNC(=O)OC(C)(C)C)c1. The molecule has 1 amide bonds. The number of carbonyl (C=O) groups excluding carboxylic acids is 1. The maximum atomic E-state index is 11.7. The number of benzene rings is 1. The lowest BCUT2D eigenvalue weighted by molar-refractivity contribution is 0.0522. The van der Waals surface area contributed by atoms with Crippen LogP contribution in [-0.2, 0) is 11.3 Å². The van der Waals surface area contributed by atoms with Crippen LogP contribution in [0.3, 0.4) is 0 Å². The summed E-state index contributed by atoms with van der Waals surface area (Å²) in [5.74, 6) is 0. The Hall–Kier alpha value is -2.30. The van der Waals surface area contributed by atoms with Gasteiger partial charge in [-0.05, 0) is 45.4 Å². The molecule has 1 aromatic heterocycles. The van der Waals surface area contributed by atoms with Gasteiger partial charge in [0.2, 0.25) is 0 Å². The normalized spacial score (nSPS) is 11.2. The van der Waals surface area contributed by atoms with Crippen molar-refractivity contribution >= 4 is 6.09 Å². The monoisotopic (exact) mass is 287 g/mol. The summed E-state index contributed by atoms with van der Waals surface area (Å²) >= 11 is 0. The van der Waals surface area contributed by atoms with Crippen LogP contribution < -0.4 is 5.32 Å². The molecular weight excluding hydrogens is 266 g/mol. The lowest BCUT2D eigenvalue weighted by Crippen LogP contribution is -2.32. The lowest BCUT2D eigenvalue weighted by Gasteiger charge is -2.19. The van der Waals surface area contributed by atoms with E-state index in [2.05, 4.69) is 16.4 Å². The molecule has 1 N–H and O–H groups in total. The van der Waals surface area contributed by atoms with Crippen molar-refractivity contribution in [1.29, 1.82) is 0 Å². The van der Waals surface area contributed by atoms with Crippen LogP contribution in [0.1, 0.15) is 32.0 Å². The number of hydrogen-bond acceptors (Lipinski definition) is 3. The summed E-state index contributed by atoms with van der Waals surface area (Å²) in [4.78, 5) is 15.8. The fourth-order valence-electron chi connectivity index (χ4n) is 1.94. The third-order valence-corrected chi connectivity index (χ3v) is 2.81. The van der Waals surface area contributed by atoms with Crippen LogP contribution in [0.5, 0.6) is 0 Å². The van der Waals surface area contributed by atoms with Crippen molar-refractivity contribution < 1.29 is 9.53 Å². The highest BCUT2D eigenvalue weighted by molar-refractivity contribution is 5.67. The van der Waals surface area contributed by atoms with Crippen molar-refractivity contribution in [2.75, 3.05) is 0 Å². The summed E-state index contributed by atoms with van der Waals surface area (Å²) in [5, 5.41) is 2.74. The predicted octanol–water partition coefficient (Wildman–Crippen LogP) is 3.21. The molecule has 0 bridgehead atoms. The van der Waals surface area contributed by atoms with Crippen LogP contribution in [0.4, 0.5) is 4.79 Å². The number of imidazole rings is 1. The zero-order chi connectivity index (χ0) is 15.5. The number of aryl methyl sites for hydroxylation is 1. The van der Waals surface area contributed by atoms with E-state index in [1.165, 1.54) is 5.56 Å². The van der Waals surface area contributed by atoms with E-state index in [9.17, 15) is 4.79 Å². The van der Waals surface area contributed by atoms with E-state index in [1.807, 2.05) is 50.5 Å². The molecule has 5 nitrogen and oxygen atoms in total. The summed E-state index contributed by atoms with van der Waals surface area (Å²) in [6.07, 6.45) is 3.04. The summed E-state index contributed by atoms with van der Waals surface area (Å²) in [5.41, 5.74) is 2.59. The minimum Gasteiger partial charge on any atom is -0.444 e. The molecule has 5 heteroatoms. The first-order chi connectivity index (χ1) is 9.85. The van der Waals surface area contributed by atoms with Crippen molar-refractivity contribution in [3.63, 3.8) is 0 Å². The van der Waals surface area contributed by atoms with E-state index < -0.39 is 11.7 Å². The van der Waals surface area contributed by atoms with Gasteiger partial charge < -0.3 is 14.6 Å². The maximum Gasteiger partial charge on any atom is 0.407 e. The van der Waals surface area contributed by atoms with E-state index in [-0.39, 0.29) is 0 Å². The van der Waals surface area contributed by atoms with E-state index in [0.717, 1.165) is 11.4 Å². The van der Waals surface area contributed by atoms with Gasteiger partial charge in [-0.1, -0.05) is 12.1 Å². The van der Waals surface area contributed by atoms with Gasteiger partial charge in [0.1, 0.15) is 5.60 Å². The molecule has 21 heavy (non-hydrogen) atoms. The molecule has 0 radical (unpaired) electrons. The number of amides is 1. The van der Waals surface area contributed by atoms with Crippen molar-refractivity contribution in [1.82, 2.24) is 14.9 Å². The number of nitrogens with one attached hydrogen (secondary N) is 1. The number of aromatic nitrogens is 2. The van der Waals surface area contributed by atoms with Gasteiger partial charge in [0.05, 0.1) is 24.8 Å². The third kappa shape index (κ3) is 4.34. The Morgan fingerprint density at radius 1 is 1.38 bits per heavy atom. The summed E-state index contributed by atoms with van der Waals surface area (Å²) in [7, 11) is 0. The first-order valence-electron chi connectivity index (χ1n) is 6.90. The van der Waals surface area contributed by atoms with Gasteiger partial charge in [0.25, 0.3) is 0 Å². The Morgan fingerprint density at radius 2 is 2.14 bits per heavy atom. The molecule has 0 saturated carbocycles. The number of ether oxygens (including phenoxy) is 1. The number of hydrogen-bond donors (Lipinski definition) is 1. The highest BCUT2D eigenvalue weighted by Crippen LogP contribution is 2.13. The van der Waals surface area contributed by atoms with Crippen LogP contribution in [0.2, 0.25) is 0 Å². The van der Waals surface area contributed by atoms with Crippen molar-refractivity contribution in [2.45, 2.75) is 39.8 Å². The number of alkyl carbamates (subject to hydrolysis) is 1. The summed E-state index contributed by atoms with van der Waals surface area (Å²) < 4.78 is 7.17. The van der Waals surface area contributed by atoms with Crippen molar-refractivity contribution in [2.24, 2.45) is 0 Å². The van der Waals surface area contributed by atoms with Crippen LogP contribution in [0.15, 0.2) is 36.8 Å². The Kier molecular flexibility index (Phi) is 4.31. The third-order valence-electron chi connectivity index (χ3n) is 2.81. The van der Waals surface area contributed by atoms with Gasteiger partial charge in [-0.3, -0.25) is 0 Å². The predicted molar refractivity (Wildman–Crippen MR) is 81.4 cm³/mol. The lowest BCUT2D eigenvalue weighted by atomic mass is 10.2. The van der Waals surface area contributed by atoms with E-state index in [0.29, 0.717) is 6.54 Å². The number of rotatable bonds is 3. The molecule has 0 aliphatic carbocycles. The molecular formula is C16H21N3O2. The standard InChI is InChI=1S/C16H21N3O2/c1-12-6-5-7-13(8-12)19-11-17-9-14(19)10-18-15(20)21-16(2,3)4/h5-9,11H,10H2,1-4H3,(H,18,20). The molecule has 0 fully saturated rings.